The molecule has 1 atom stereocenters. The lowest BCUT2D eigenvalue weighted by molar-refractivity contribution is 0.0923. The second-order valence-electron chi connectivity index (χ2n) is 5.18. The number of rotatable bonds is 8. The fourth-order valence-corrected chi connectivity index (χ4v) is 2.26. The molecule has 16 heavy (non-hydrogen) atoms. The third-order valence-electron chi connectivity index (χ3n) is 3.30. The van der Waals surface area contributed by atoms with Gasteiger partial charge in [-0.3, -0.25) is 4.90 Å². The minimum Gasteiger partial charge on any atom is -0.380 e. The smallest absolute Gasteiger partial charge is 0.0593 e. The van der Waals surface area contributed by atoms with Gasteiger partial charge in [0.1, 0.15) is 0 Å². The van der Waals surface area contributed by atoms with Gasteiger partial charge in [0, 0.05) is 25.7 Å². The van der Waals surface area contributed by atoms with Crippen molar-refractivity contribution >= 4 is 0 Å². The molecule has 1 aliphatic rings. The molecular formula is C13H28N2O. The molecule has 96 valence electrons. The predicted molar refractivity (Wildman–Crippen MR) is 68.8 cm³/mol. The minimum atomic E-state index is 0.735. The summed E-state index contributed by atoms with van der Waals surface area (Å²) in [6.45, 7) is 9.77. The summed E-state index contributed by atoms with van der Waals surface area (Å²) in [7, 11) is 2.04. The second kappa shape index (κ2) is 8.04. The Morgan fingerprint density at radius 3 is 2.88 bits per heavy atom. The summed E-state index contributed by atoms with van der Waals surface area (Å²) in [4.78, 5) is 2.56. The molecule has 0 spiro atoms. The minimum absolute atomic E-state index is 0.735. The Bertz CT molecular complexity index is 173. The van der Waals surface area contributed by atoms with Crippen LogP contribution in [0.4, 0.5) is 0 Å². The van der Waals surface area contributed by atoms with Crippen LogP contribution in [-0.4, -0.2) is 50.8 Å². The number of nitrogens with zero attached hydrogens (tertiary/aromatic N) is 1. The lowest BCUT2D eigenvalue weighted by Gasteiger charge is -2.24. The fourth-order valence-electron chi connectivity index (χ4n) is 2.26. The standard InChI is InChI=1S/C13H28N2O/c1-12(2)6-9-16-10-8-15-7-4-5-13(15)11-14-3/h12-14H,4-11H2,1-3H3. The van der Waals surface area contributed by atoms with Crippen LogP contribution in [-0.2, 0) is 4.74 Å². The first-order valence-electron chi connectivity index (χ1n) is 6.70. The second-order valence-corrected chi connectivity index (χ2v) is 5.18. The molecule has 0 bridgehead atoms. The summed E-state index contributed by atoms with van der Waals surface area (Å²) in [5.41, 5.74) is 0. The van der Waals surface area contributed by atoms with Crippen molar-refractivity contribution in [2.45, 2.75) is 39.2 Å². The van der Waals surface area contributed by atoms with Gasteiger partial charge in [0.15, 0.2) is 0 Å². The number of nitrogens with one attached hydrogen (secondary N) is 1. The van der Waals surface area contributed by atoms with Crippen molar-refractivity contribution in [2.24, 2.45) is 5.92 Å². The van der Waals surface area contributed by atoms with Gasteiger partial charge < -0.3 is 10.1 Å². The summed E-state index contributed by atoms with van der Waals surface area (Å²) < 4.78 is 5.67. The van der Waals surface area contributed by atoms with Gasteiger partial charge in [-0.05, 0) is 38.8 Å². The molecule has 1 saturated heterocycles. The first-order valence-corrected chi connectivity index (χ1v) is 6.70. The SMILES string of the molecule is CNCC1CCCN1CCOCCC(C)C. The largest absolute Gasteiger partial charge is 0.380 e. The predicted octanol–water partition coefficient (Wildman–Crippen LogP) is 1.73. The van der Waals surface area contributed by atoms with Crippen molar-refractivity contribution in [3.63, 3.8) is 0 Å². The molecule has 1 rings (SSSR count). The van der Waals surface area contributed by atoms with Gasteiger partial charge in [0.2, 0.25) is 0 Å². The van der Waals surface area contributed by atoms with Crippen LogP contribution >= 0.6 is 0 Å². The molecule has 3 nitrogen and oxygen atoms in total. The summed E-state index contributed by atoms with van der Waals surface area (Å²) in [6.07, 6.45) is 3.87. The number of likely N-dealkylation sites (N-methyl/N-ethyl adjacent to an activating group) is 1. The van der Waals surface area contributed by atoms with Gasteiger partial charge in [-0.25, -0.2) is 0 Å². The molecule has 1 heterocycles. The van der Waals surface area contributed by atoms with Gasteiger partial charge >= 0.3 is 0 Å². The van der Waals surface area contributed by atoms with Crippen molar-refractivity contribution in [3.8, 4) is 0 Å². The third-order valence-corrected chi connectivity index (χ3v) is 3.30. The maximum atomic E-state index is 5.67. The molecule has 0 aromatic carbocycles. The van der Waals surface area contributed by atoms with Gasteiger partial charge in [-0.2, -0.15) is 0 Å². The van der Waals surface area contributed by atoms with E-state index in [0.717, 1.165) is 38.3 Å². The zero-order valence-electron chi connectivity index (χ0n) is 11.2. The maximum Gasteiger partial charge on any atom is 0.0593 e. The van der Waals surface area contributed by atoms with Crippen LogP contribution in [0, 0.1) is 5.92 Å². The van der Waals surface area contributed by atoms with Crippen molar-refractivity contribution in [2.75, 3.05) is 39.9 Å². The van der Waals surface area contributed by atoms with E-state index in [-0.39, 0.29) is 0 Å². The molecule has 0 aliphatic carbocycles. The molecule has 1 aliphatic heterocycles. The average Bonchev–Trinajstić information content (AvgIpc) is 2.65. The maximum absolute atomic E-state index is 5.67. The fraction of sp³-hybridized carbons (Fsp3) is 1.00. The van der Waals surface area contributed by atoms with Crippen LogP contribution in [0.3, 0.4) is 0 Å². The summed E-state index contributed by atoms with van der Waals surface area (Å²) in [6, 6.07) is 0.735. The number of likely N-dealkylation sites (tertiary alicyclic amines) is 1. The monoisotopic (exact) mass is 228 g/mol. The van der Waals surface area contributed by atoms with Crippen molar-refractivity contribution in [3.05, 3.63) is 0 Å². The zero-order chi connectivity index (χ0) is 11.8. The van der Waals surface area contributed by atoms with Crippen molar-refractivity contribution in [1.29, 1.82) is 0 Å². The normalized spacial score (nSPS) is 22.1. The van der Waals surface area contributed by atoms with Crippen LogP contribution in [0.2, 0.25) is 0 Å². The Morgan fingerprint density at radius 2 is 2.19 bits per heavy atom. The zero-order valence-corrected chi connectivity index (χ0v) is 11.2. The topological polar surface area (TPSA) is 24.5 Å². The third kappa shape index (κ3) is 5.28. The Morgan fingerprint density at radius 1 is 1.38 bits per heavy atom. The van der Waals surface area contributed by atoms with Crippen LogP contribution < -0.4 is 5.32 Å². The lowest BCUT2D eigenvalue weighted by Crippen LogP contribution is -2.38. The number of hydrogen-bond acceptors (Lipinski definition) is 3. The molecule has 1 fully saturated rings. The molecule has 1 unspecified atom stereocenters. The molecule has 0 amide bonds. The van der Waals surface area contributed by atoms with Crippen LogP contribution in [0.25, 0.3) is 0 Å². The van der Waals surface area contributed by atoms with E-state index in [9.17, 15) is 0 Å². The van der Waals surface area contributed by atoms with Crippen LogP contribution in [0.15, 0.2) is 0 Å². The highest BCUT2D eigenvalue weighted by atomic mass is 16.5. The summed E-state index contributed by atoms with van der Waals surface area (Å²) >= 11 is 0. The van der Waals surface area contributed by atoms with E-state index < -0.39 is 0 Å². The molecule has 0 aromatic rings. The van der Waals surface area contributed by atoms with Crippen molar-refractivity contribution < 1.29 is 4.74 Å². The number of hydrogen-bond donors (Lipinski definition) is 1. The molecule has 3 heteroatoms. The van der Waals surface area contributed by atoms with E-state index in [1.54, 1.807) is 0 Å². The van der Waals surface area contributed by atoms with Gasteiger partial charge in [0.05, 0.1) is 6.61 Å². The van der Waals surface area contributed by atoms with Gasteiger partial charge in [-0.15, -0.1) is 0 Å². The molecule has 0 aromatic heterocycles. The van der Waals surface area contributed by atoms with Crippen molar-refractivity contribution in [1.82, 2.24) is 10.2 Å². The van der Waals surface area contributed by atoms with E-state index in [1.807, 2.05) is 7.05 Å². The van der Waals surface area contributed by atoms with Gasteiger partial charge in [0.25, 0.3) is 0 Å². The molecule has 0 saturated carbocycles. The van der Waals surface area contributed by atoms with Gasteiger partial charge in [-0.1, -0.05) is 13.8 Å². The Hall–Kier alpha value is -0.120. The number of ether oxygens (including phenoxy) is 1. The Labute approximate surface area is 101 Å². The van der Waals surface area contributed by atoms with E-state index in [2.05, 4.69) is 24.1 Å². The quantitative estimate of drug-likeness (QED) is 0.640. The van der Waals surface area contributed by atoms with Crippen LogP contribution in [0.1, 0.15) is 33.1 Å². The van der Waals surface area contributed by atoms with Crippen LogP contribution in [0.5, 0.6) is 0 Å². The molecular weight excluding hydrogens is 200 g/mol. The lowest BCUT2D eigenvalue weighted by atomic mass is 10.1. The summed E-state index contributed by atoms with van der Waals surface area (Å²) in [5, 5.41) is 3.27. The Balaban J connectivity index is 2.03. The van der Waals surface area contributed by atoms with E-state index >= 15 is 0 Å². The van der Waals surface area contributed by atoms with E-state index in [0.29, 0.717) is 0 Å². The molecule has 1 N–H and O–H groups in total. The first-order chi connectivity index (χ1) is 7.74. The average molecular weight is 228 g/mol. The Kier molecular flexibility index (Phi) is 7.01. The van der Waals surface area contributed by atoms with E-state index in [1.165, 1.54) is 25.8 Å². The molecule has 0 radical (unpaired) electrons. The first kappa shape index (κ1) is 13.9. The summed E-state index contributed by atoms with van der Waals surface area (Å²) in [5.74, 6) is 0.754. The highest BCUT2D eigenvalue weighted by molar-refractivity contribution is 4.80. The highest BCUT2D eigenvalue weighted by Crippen LogP contribution is 2.15. The highest BCUT2D eigenvalue weighted by Gasteiger charge is 2.22. The van der Waals surface area contributed by atoms with E-state index in [4.69, 9.17) is 4.74 Å².